The van der Waals surface area contributed by atoms with Gasteiger partial charge in [-0.1, -0.05) is 70.0 Å². The van der Waals surface area contributed by atoms with Crippen molar-refractivity contribution in [2.24, 2.45) is 0 Å². The minimum absolute atomic E-state index is 0.548. The summed E-state index contributed by atoms with van der Waals surface area (Å²) in [7, 11) is 0. The van der Waals surface area contributed by atoms with Crippen LogP contribution in [0.2, 0.25) is 0 Å². The Morgan fingerprint density at radius 1 is 0.944 bits per heavy atom. The molecule has 0 aliphatic rings. The van der Waals surface area contributed by atoms with Crippen molar-refractivity contribution in [3.63, 3.8) is 0 Å². The third-order valence-corrected chi connectivity index (χ3v) is 4.24. The molecular weight excluding hydrogens is 284 g/mol. The molecule has 2 rings (SSSR count). The maximum absolute atomic E-state index is 3.65. The molecule has 0 saturated heterocycles. The molecule has 0 bridgehead atoms. The lowest BCUT2D eigenvalue weighted by Gasteiger charge is -2.16. The molecule has 0 radical (unpaired) electrons. The van der Waals surface area contributed by atoms with Gasteiger partial charge in [0.15, 0.2) is 0 Å². The van der Waals surface area contributed by atoms with E-state index in [1.807, 2.05) is 0 Å². The van der Waals surface area contributed by atoms with Gasteiger partial charge in [0.1, 0.15) is 0 Å². The zero-order chi connectivity index (χ0) is 13.0. The molecule has 0 N–H and O–H groups in total. The molecule has 1 unspecified atom stereocenters. The zero-order valence-corrected chi connectivity index (χ0v) is 12.6. The van der Waals surface area contributed by atoms with Crippen LogP contribution in [0, 0.1) is 13.8 Å². The van der Waals surface area contributed by atoms with Crippen LogP contribution in [0.3, 0.4) is 0 Å². The van der Waals surface area contributed by atoms with Crippen LogP contribution in [0.5, 0.6) is 0 Å². The van der Waals surface area contributed by atoms with Crippen molar-refractivity contribution >= 4 is 15.9 Å². The van der Waals surface area contributed by atoms with Gasteiger partial charge in [0.05, 0.1) is 0 Å². The van der Waals surface area contributed by atoms with Gasteiger partial charge < -0.3 is 0 Å². The molecule has 94 valence electrons. The fourth-order valence-corrected chi connectivity index (χ4v) is 2.81. The second kappa shape index (κ2) is 6.19. The Labute approximate surface area is 118 Å². The number of alkyl halides is 1. The number of rotatable bonds is 4. The summed E-state index contributed by atoms with van der Waals surface area (Å²) in [6, 6.07) is 17.6. The van der Waals surface area contributed by atoms with Crippen LogP contribution >= 0.6 is 15.9 Å². The Morgan fingerprint density at radius 2 is 1.61 bits per heavy atom. The minimum atomic E-state index is 0.548. The Morgan fingerprint density at radius 3 is 2.22 bits per heavy atom. The van der Waals surface area contributed by atoms with E-state index < -0.39 is 0 Å². The van der Waals surface area contributed by atoms with E-state index in [-0.39, 0.29) is 0 Å². The molecule has 0 aromatic heterocycles. The summed E-state index contributed by atoms with van der Waals surface area (Å²) in [5, 5.41) is 1.00. The highest BCUT2D eigenvalue weighted by molar-refractivity contribution is 9.09. The highest BCUT2D eigenvalue weighted by Crippen LogP contribution is 2.24. The minimum Gasteiger partial charge on any atom is -0.0921 e. The summed E-state index contributed by atoms with van der Waals surface area (Å²) < 4.78 is 0. The fraction of sp³-hybridized carbons (Fsp3) is 0.294. The van der Waals surface area contributed by atoms with Gasteiger partial charge in [0.2, 0.25) is 0 Å². The number of aryl methyl sites for hydroxylation is 2. The van der Waals surface area contributed by atoms with Crippen LogP contribution in [-0.4, -0.2) is 5.33 Å². The molecular formula is C17H19Br. The summed E-state index contributed by atoms with van der Waals surface area (Å²) in [4.78, 5) is 0. The van der Waals surface area contributed by atoms with Crippen LogP contribution in [0.15, 0.2) is 48.5 Å². The van der Waals surface area contributed by atoms with E-state index in [9.17, 15) is 0 Å². The number of hydrogen-bond acceptors (Lipinski definition) is 0. The molecule has 1 atom stereocenters. The highest BCUT2D eigenvalue weighted by Gasteiger charge is 2.11. The third kappa shape index (κ3) is 3.23. The average Bonchev–Trinajstić information content (AvgIpc) is 2.39. The molecule has 0 amide bonds. The van der Waals surface area contributed by atoms with Crippen LogP contribution in [0.25, 0.3) is 0 Å². The molecule has 0 heterocycles. The maximum Gasteiger partial charge on any atom is 0.0103 e. The predicted molar refractivity (Wildman–Crippen MR) is 82.6 cm³/mol. The topological polar surface area (TPSA) is 0 Å². The molecule has 0 spiro atoms. The van der Waals surface area contributed by atoms with Gasteiger partial charge in [-0.05, 0) is 42.9 Å². The first kappa shape index (κ1) is 13.4. The van der Waals surface area contributed by atoms with Gasteiger partial charge in [-0.3, -0.25) is 0 Å². The van der Waals surface area contributed by atoms with Crippen molar-refractivity contribution in [2.45, 2.75) is 26.2 Å². The Hall–Kier alpha value is -1.08. The van der Waals surface area contributed by atoms with E-state index in [1.54, 1.807) is 0 Å². The standard InChI is InChI=1S/C17H19Br/c1-13-7-9-15(10-8-13)17(12-18)11-16-6-4-3-5-14(16)2/h3-10,17H,11-12H2,1-2H3. The molecule has 0 aliphatic carbocycles. The lowest BCUT2D eigenvalue weighted by Crippen LogP contribution is -2.05. The molecule has 1 heteroatoms. The van der Waals surface area contributed by atoms with Gasteiger partial charge in [0, 0.05) is 5.33 Å². The molecule has 2 aromatic rings. The molecule has 0 saturated carbocycles. The van der Waals surface area contributed by atoms with Gasteiger partial charge in [-0.25, -0.2) is 0 Å². The van der Waals surface area contributed by atoms with Gasteiger partial charge >= 0.3 is 0 Å². The number of hydrogen-bond donors (Lipinski definition) is 0. The van der Waals surface area contributed by atoms with Crippen LogP contribution < -0.4 is 0 Å². The Kier molecular flexibility index (Phi) is 4.60. The summed E-state index contributed by atoms with van der Waals surface area (Å²) in [6.45, 7) is 4.32. The maximum atomic E-state index is 3.65. The first-order valence-corrected chi connectivity index (χ1v) is 7.50. The van der Waals surface area contributed by atoms with Crippen molar-refractivity contribution in [3.05, 3.63) is 70.8 Å². The lowest BCUT2D eigenvalue weighted by atomic mass is 9.91. The van der Waals surface area contributed by atoms with Gasteiger partial charge in [0.25, 0.3) is 0 Å². The SMILES string of the molecule is Cc1ccc(C(CBr)Cc2ccccc2C)cc1. The Balaban J connectivity index is 2.20. The van der Waals surface area contributed by atoms with Crippen LogP contribution in [0.1, 0.15) is 28.2 Å². The Bertz CT molecular complexity index is 499. The van der Waals surface area contributed by atoms with Crippen molar-refractivity contribution in [1.29, 1.82) is 0 Å². The summed E-state index contributed by atoms with van der Waals surface area (Å²) in [5.41, 5.74) is 5.57. The molecule has 0 fully saturated rings. The normalized spacial score (nSPS) is 12.4. The van der Waals surface area contributed by atoms with E-state index in [0.717, 1.165) is 11.8 Å². The third-order valence-electron chi connectivity index (χ3n) is 3.46. The van der Waals surface area contributed by atoms with Crippen molar-refractivity contribution in [2.75, 3.05) is 5.33 Å². The first-order chi connectivity index (χ1) is 8.70. The van der Waals surface area contributed by atoms with Gasteiger partial charge in [-0.15, -0.1) is 0 Å². The second-order valence-corrected chi connectivity index (χ2v) is 5.54. The van der Waals surface area contributed by atoms with Crippen molar-refractivity contribution in [1.82, 2.24) is 0 Å². The highest BCUT2D eigenvalue weighted by atomic mass is 79.9. The lowest BCUT2D eigenvalue weighted by molar-refractivity contribution is 0.771. The van der Waals surface area contributed by atoms with Crippen molar-refractivity contribution < 1.29 is 0 Å². The van der Waals surface area contributed by atoms with Crippen molar-refractivity contribution in [3.8, 4) is 0 Å². The fourth-order valence-electron chi connectivity index (χ4n) is 2.20. The van der Waals surface area contributed by atoms with E-state index >= 15 is 0 Å². The first-order valence-electron chi connectivity index (χ1n) is 6.37. The van der Waals surface area contributed by atoms with E-state index in [0.29, 0.717) is 5.92 Å². The second-order valence-electron chi connectivity index (χ2n) is 4.89. The molecule has 0 aliphatic heterocycles. The summed E-state index contributed by atoms with van der Waals surface area (Å²) in [5.74, 6) is 0.548. The summed E-state index contributed by atoms with van der Waals surface area (Å²) >= 11 is 3.65. The van der Waals surface area contributed by atoms with Crippen LogP contribution in [-0.2, 0) is 6.42 Å². The quantitative estimate of drug-likeness (QED) is 0.695. The molecule has 0 nitrogen and oxygen atoms in total. The smallest absolute Gasteiger partial charge is 0.0103 e. The zero-order valence-electron chi connectivity index (χ0n) is 11.0. The molecule has 18 heavy (non-hydrogen) atoms. The van der Waals surface area contributed by atoms with Crippen LogP contribution in [0.4, 0.5) is 0 Å². The summed E-state index contributed by atoms with van der Waals surface area (Å²) in [6.07, 6.45) is 1.10. The molecule has 2 aromatic carbocycles. The van der Waals surface area contributed by atoms with E-state index in [1.165, 1.54) is 22.3 Å². The van der Waals surface area contributed by atoms with E-state index in [2.05, 4.69) is 78.3 Å². The van der Waals surface area contributed by atoms with Gasteiger partial charge in [-0.2, -0.15) is 0 Å². The average molecular weight is 303 g/mol. The number of benzene rings is 2. The monoisotopic (exact) mass is 302 g/mol. The largest absolute Gasteiger partial charge is 0.0921 e. The predicted octanol–water partition coefficient (Wildman–Crippen LogP) is 5.02. The number of halogens is 1. The van der Waals surface area contributed by atoms with E-state index in [4.69, 9.17) is 0 Å².